The third-order valence-corrected chi connectivity index (χ3v) is 2.65. The molecule has 0 aliphatic rings. The van der Waals surface area contributed by atoms with Crippen LogP contribution in [0.15, 0.2) is 36.9 Å². The number of imidazole rings is 1. The Morgan fingerprint density at radius 3 is 2.83 bits per heavy atom. The van der Waals surface area contributed by atoms with E-state index >= 15 is 0 Å². The second-order valence-corrected chi connectivity index (χ2v) is 4.03. The van der Waals surface area contributed by atoms with Crippen LogP contribution in [0.1, 0.15) is 22.6 Å². The molecule has 0 unspecified atom stereocenters. The summed E-state index contributed by atoms with van der Waals surface area (Å²) in [4.78, 5) is 20.2. The van der Waals surface area contributed by atoms with E-state index in [1.165, 1.54) is 4.57 Å². The molecule has 0 amide bonds. The van der Waals surface area contributed by atoms with Gasteiger partial charge in [-0.15, -0.1) is 0 Å². The quantitative estimate of drug-likeness (QED) is 0.853. The Labute approximate surface area is 106 Å². The SMILES string of the molecule is NCCc1cn(C(=O)CCc2ccccn2)cn1. The molecule has 0 spiro atoms. The minimum absolute atomic E-state index is 0.0245. The summed E-state index contributed by atoms with van der Waals surface area (Å²) in [6.45, 7) is 0.541. The molecule has 18 heavy (non-hydrogen) atoms. The van der Waals surface area contributed by atoms with Gasteiger partial charge in [-0.1, -0.05) is 6.07 Å². The van der Waals surface area contributed by atoms with E-state index in [2.05, 4.69) is 9.97 Å². The standard InChI is InChI=1S/C13H16N4O/c14-7-6-12-9-17(10-16-12)13(18)5-4-11-3-1-2-8-15-11/h1-3,8-10H,4-7,14H2. The Kier molecular flexibility index (Phi) is 4.20. The maximum absolute atomic E-state index is 11.9. The minimum Gasteiger partial charge on any atom is -0.330 e. The Balaban J connectivity index is 1.91. The summed E-state index contributed by atoms with van der Waals surface area (Å²) in [6, 6.07) is 5.70. The highest BCUT2D eigenvalue weighted by Crippen LogP contribution is 2.03. The van der Waals surface area contributed by atoms with Crippen LogP contribution >= 0.6 is 0 Å². The highest BCUT2D eigenvalue weighted by atomic mass is 16.2. The van der Waals surface area contributed by atoms with Crippen molar-refractivity contribution in [2.45, 2.75) is 19.3 Å². The maximum atomic E-state index is 11.9. The average Bonchev–Trinajstić information content (AvgIpc) is 2.86. The van der Waals surface area contributed by atoms with Gasteiger partial charge in [0.05, 0.1) is 5.69 Å². The molecule has 0 radical (unpaired) electrons. The molecule has 0 aromatic carbocycles. The number of nitrogens with zero attached hydrogens (tertiary/aromatic N) is 3. The molecule has 0 atom stereocenters. The lowest BCUT2D eigenvalue weighted by Gasteiger charge is -2.00. The Morgan fingerprint density at radius 2 is 2.11 bits per heavy atom. The highest BCUT2D eigenvalue weighted by molar-refractivity contribution is 5.78. The zero-order valence-electron chi connectivity index (χ0n) is 10.1. The number of hydrogen-bond acceptors (Lipinski definition) is 4. The van der Waals surface area contributed by atoms with Crippen LogP contribution in [0.25, 0.3) is 0 Å². The molecule has 0 saturated carbocycles. The van der Waals surface area contributed by atoms with Gasteiger partial charge in [0, 0.05) is 30.9 Å². The van der Waals surface area contributed by atoms with Crippen molar-refractivity contribution in [3.63, 3.8) is 0 Å². The van der Waals surface area contributed by atoms with E-state index in [0.717, 1.165) is 11.4 Å². The lowest BCUT2D eigenvalue weighted by atomic mass is 10.2. The molecule has 2 N–H and O–H groups in total. The van der Waals surface area contributed by atoms with Gasteiger partial charge < -0.3 is 5.73 Å². The van der Waals surface area contributed by atoms with Gasteiger partial charge in [0.2, 0.25) is 5.91 Å². The fourth-order valence-electron chi connectivity index (χ4n) is 1.69. The van der Waals surface area contributed by atoms with Gasteiger partial charge in [-0.25, -0.2) is 4.98 Å². The van der Waals surface area contributed by atoms with Crippen molar-refractivity contribution in [1.82, 2.24) is 14.5 Å². The molecule has 2 aromatic heterocycles. The van der Waals surface area contributed by atoms with E-state index in [0.29, 0.717) is 25.8 Å². The molecule has 94 valence electrons. The summed E-state index contributed by atoms with van der Waals surface area (Å²) in [5, 5.41) is 0. The van der Waals surface area contributed by atoms with Crippen LogP contribution in [0, 0.1) is 0 Å². The van der Waals surface area contributed by atoms with Gasteiger partial charge in [0.25, 0.3) is 0 Å². The van der Waals surface area contributed by atoms with Gasteiger partial charge in [0.1, 0.15) is 6.33 Å². The van der Waals surface area contributed by atoms with Crippen LogP contribution in [-0.2, 0) is 12.8 Å². The number of hydrogen-bond donors (Lipinski definition) is 1. The van der Waals surface area contributed by atoms with Gasteiger partial charge >= 0.3 is 0 Å². The molecular formula is C13H16N4O. The molecule has 2 heterocycles. The molecule has 0 bridgehead atoms. The molecule has 0 saturated heterocycles. The molecule has 2 aromatic rings. The van der Waals surface area contributed by atoms with Gasteiger partial charge in [-0.05, 0) is 25.1 Å². The first-order valence-electron chi connectivity index (χ1n) is 5.95. The summed E-state index contributed by atoms with van der Waals surface area (Å²) in [5.41, 5.74) is 7.21. The van der Waals surface area contributed by atoms with Crippen molar-refractivity contribution in [1.29, 1.82) is 0 Å². The smallest absolute Gasteiger partial charge is 0.232 e. The first-order chi connectivity index (χ1) is 8.79. The zero-order chi connectivity index (χ0) is 12.8. The fourth-order valence-corrected chi connectivity index (χ4v) is 1.69. The Hall–Kier alpha value is -2.01. The van der Waals surface area contributed by atoms with Crippen LogP contribution in [0.5, 0.6) is 0 Å². The fraction of sp³-hybridized carbons (Fsp3) is 0.308. The number of nitrogens with two attached hydrogens (primary N) is 1. The van der Waals surface area contributed by atoms with E-state index in [-0.39, 0.29) is 5.91 Å². The monoisotopic (exact) mass is 244 g/mol. The van der Waals surface area contributed by atoms with E-state index in [1.54, 1.807) is 18.7 Å². The van der Waals surface area contributed by atoms with E-state index in [4.69, 9.17) is 5.73 Å². The topological polar surface area (TPSA) is 73.8 Å². The van der Waals surface area contributed by atoms with Crippen LogP contribution < -0.4 is 5.73 Å². The number of carbonyl (C=O) groups is 1. The van der Waals surface area contributed by atoms with Crippen LogP contribution in [0.4, 0.5) is 0 Å². The van der Waals surface area contributed by atoms with Crippen molar-refractivity contribution in [3.05, 3.63) is 48.3 Å². The maximum Gasteiger partial charge on any atom is 0.232 e. The predicted molar refractivity (Wildman–Crippen MR) is 68.2 cm³/mol. The first-order valence-corrected chi connectivity index (χ1v) is 5.95. The molecule has 0 aliphatic carbocycles. The van der Waals surface area contributed by atoms with Crippen molar-refractivity contribution >= 4 is 5.91 Å². The van der Waals surface area contributed by atoms with Gasteiger partial charge in [-0.3, -0.25) is 14.3 Å². The molecule has 2 rings (SSSR count). The summed E-state index contributed by atoms with van der Waals surface area (Å²) in [6.07, 6.45) is 6.79. The summed E-state index contributed by atoms with van der Waals surface area (Å²) in [5.74, 6) is 0.0245. The normalized spacial score (nSPS) is 10.5. The molecule has 5 nitrogen and oxygen atoms in total. The van der Waals surface area contributed by atoms with E-state index in [9.17, 15) is 4.79 Å². The third kappa shape index (κ3) is 3.24. The number of aromatic nitrogens is 3. The van der Waals surface area contributed by atoms with E-state index < -0.39 is 0 Å². The average molecular weight is 244 g/mol. The highest BCUT2D eigenvalue weighted by Gasteiger charge is 2.07. The molecular weight excluding hydrogens is 228 g/mol. The Bertz CT molecular complexity index is 507. The zero-order valence-corrected chi connectivity index (χ0v) is 10.1. The largest absolute Gasteiger partial charge is 0.330 e. The van der Waals surface area contributed by atoms with Crippen LogP contribution in [-0.4, -0.2) is 27.0 Å². The van der Waals surface area contributed by atoms with E-state index in [1.807, 2.05) is 18.2 Å². The van der Waals surface area contributed by atoms with Crippen molar-refractivity contribution in [3.8, 4) is 0 Å². The van der Waals surface area contributed by atoms with Crippen molar-refractivity contribution in [2.75, 3.05) is 6.54 Å². The lowest BCUT2D eigenvalue weighted by molar-refractivity contribution is 0.0902. The number of pyridine rings is 1. The van der Waals surface area contributed by atoms with Crippen molar-refractivity contribution in [2.24, 2.45) is 5.73 Å². The molecule has 0 aliphatic heterocycles. The summed E-state index contributed by atoms with van der Waals surface area (Å²) >= 11 is 0. The minimum atomic E-state index is 0.0245. The summed E-state index contributed by atoms with van der Waals surface area (Å²) in [7, 11) is 0. The third-order valence-electron chi connectivity index (χ3n) is 2.65. The van der Waals surface area contributed by atoms with Gasteiger partial charge in [-0.2, -0.15) is 0 Å². The summed E-state index contributed by atoms with van der Waals surface area (Å²) < 4.78 is 1.52. The predicted octanol–water partition coefficient (Wildman–Crippen LogP) is 1.05. The number of aryl methyl sites for hydroxylation is 1. The van der Waals surface area contributed by atoms with Crippen molar-refractivity contribution < 1.29 is 4.79 Å². The number of carbonyl (C=O) groups excluding carboxylic acids is 1. The lowest BCUT2D eigenvalue weighted by Crippen LogP contribution is -2.10. The second kappa shape index (κ2) is 6.07. The Morgan fingerprint density at radius 1 is 1.22 bits per heavy atom. The van der Waals surface area contributed by atoms with Crippen LogP contribution in [0.3, 0.4) is 0 Å². The van der Waals surface area contributed by atoms with Crippen LogP contribution in [0.2, 0.25) is 0 Å². The first kappa shape index (κ1) is 12.4. The van der Waals surface area contributed by atoms with Gasteiger partial charge in [0.15, 0.2) is 0 Å². The molecule has 0 fully saturated rings. The second-order valence-electron chi connectivity index (χ2n) is 4.03. The molecule has 5 heteroatoms. The number of rotatable bonds is 5.